The Kier molecular flexibility index (Phi) is 19.0. The molecule has 0 atom stereocenters. The number of halogens is 2. The first kappa shape index (κ1) is 38.2. The quantitative estimate of drug-likeness (QED) is 0.293. The minimum atomic E-state index is -1.45. The average Bonchev–Trinajstić information content (AvgIpc) is 3.15. The summed E-state index contributed by atoms with van der Waals surface area (Å²) in [5.41, 5.74) is 2.94. The summed E-state index contributed by atoms with van der Waals surface area (Å²) in [7, 11) is -4.30. The van der Waals surface area contributed by atoms with E-state index in [1.54, 1.807) is 10.4 Å². The number of hydrogen-bond acceptors (Lipinski definition) is 2. The zero-order valence-corrected chi connectivity index (χ0v) is 31.2. The van der Waals surface area contributed by atoms with Gasteiger partial charge in [0, 0.05) is 17.6 Å². The van der Waals surface area contributed by atoms with Gasteiger partial charge in [-0.15, -0.1) is 11.1 Å². The molecule has 0 saturated carbocycles. The molecule has 188 valence electrons. The number of hydrogen-bond donors (Lipinski definition) is 0. The molecule has 0 radical (unpaired) electrons. The molecule has 2 aromatic carbocycles. The van der Waals surface area contributed by atoms with Gasteiger partial charge in [0.1, 0.15) is 0 Å². The van der Waals surface area contributed by atoms with E-state index in [1.165, 1.54) is 11.1 Å². The third-order valence-electron chi connectivity index (χ3n) is 4.90. The zero-order chi connectivity index (χ0) is 23.3. The maximum atomic E-state index is 6.12. The van der Waals surface area contributed by atoms with Crippen LogP contribution in [-0.4, -0.2) is 34.2 Å². The molecule has 0 bridgehead atoms. The summed E-state index contributed by atoms with van der Waals surface area (Å²) in [6.07, 6.45) is 2.21. The Morgan fingerprint density at radius 2 is 0.939 bits per heavy atom. The standard InChI is InChI=1S/2C12H23OSi2.2ClH.Zr/c2*1-7-10-11(13-15(4,5)6)8-9-12(10)14(2)3;;;/h2*8-9,14H,7H2,1-6H3;2*1H;/q2*-1;;;+4/p-2. The molecule has 0 fully saturated rings. The molecule has 0 aromatic heterocycles. The van der Waals surface area contributed by atoms with Gasteiger partial charge in [0.2, 0.25) is 16.6 Å². The predicted octanol–water partition coefficient (Wildman–Crippen LogP) is -0.244. The minimum absolute atomic E-state index is 0. The van der Waals surface area contributed by atoms with E-state index in [9.17, 15) is 0 Å². The van der Waals surface area contributed by atoms with Crippen LogP contribution in [0.1, 0.15) is 25.0 Å². The normalized spacial score (nSPS) is 11.1. The third-order valence-corrected chi connectivity index (χ3v) is 10.1. The molecule has 0 heterocycles. The van der Waals surface area contributed by atoms with Crippen molar-refractivity contribution < 1.29 is 59.9 Å². The van der Waals surface area contributed by atoms with Crippen LogP contribution in [0.25, 0.3) is 0 Å². The molecule has 2 rings (SSSR count). The first-order chi connectivity index (χ1) is 13.7. The van der Waals surface area contributed by atoms with Gasteiger partial charge in [-0.05, 0) is 39.3 Å². The molecule has 33 heavy (non-hydrogen) atoms. The van der Waals surface area contributed by atoms with Crippen molar-refractivity contribution in [2.24, 2.45) is 0 Å². The smallest absolute Gasteiger partial charge is 1.00 e. The first-order valence-corrected chi connectivity index (χ1v) is 24.2. The summed E-state index contributed by atoms with van der Waals surface area (Å²) >= 11 is 0. The number of rotatable bonds is 8. The van der Waals surface area contributed by atoms with Crippen molar-refractivity contribution in [2.75, 3.05) is 0 Å². The summed E-state index contributed by atoms with van der Waals surface area (Å²) in [5.74, 6) is 2.32. The van der Waals surface area contributed by atoms with E-state index in [1.807, 2.05) is 0 Å². The Morgan fingerprint density at radius 3 is 1.12 bits per heavy atom. The second-order valence-electron chi connectivity index (χ2n) is 10.7. The second-order valence-corrected chi connectivity index (χ2v) is 25.4. The molecule has 0 saturated heterocycles. The molecule has 0 spiro atoms. The molecule has 0 unspecified atom stereocenters. The van der Waals surface area contributed by atoms with Crippen LogP contribution in [-0.2, 0) is 39.0 Å². The van der Waals surface area contributed by atoms with Crippen LogP contribution < -0.4 is 44.0 Å². The Labute approximate surface area is 241 Å². The Balaban J connectivity index is -0.000000500. The van der Waals surface area contributed by atoms with Crippen molar-refractivity contribution >= 4 is 44.6 Å². The topological polar surface area (TPSA) is 18.5 Å². The largest absolute Gasteiger partial charge is 4.00 e. The SMILES string of the molecule is CCc1c(O[Si](C)(C)C)cc[c-]1[SiH](C)C.CCc1c(O[Si](C)(C)C)cc[c-]1[SiH](C)C.[Cl-].[Cl-].[Zr+4]. The summed E-state index contributed by atoms with van der Waals surface area (Å²) < 4.78 is 12.2. The molecular formula is C24H46Cl2O2Si4Zr. The van der Waals surface area contributed by atoms with Crippen LogP contribution >= 0.6 is 0 Å². The van der Waals surface area contributed by atoms with Crippen molar-refractivity contribution in [3.63, 3.8) is 0 Å². The minimum Gasteiger partial charge on any atom is -1.00 e. The summed E-state index contributed by atoms with van der Waals surface area (Å²) in [4.78, 5) is 0. The molecule has 0 aliphatic rings. The summed E-state index contributed by atoms with van der Waals surface area (Å²) in [6, 6.07) is 8.93. The molecule has 0 N–H and O–H groups in total. The fourth-order valence-electron chi connectivity index (χ4n) is 3.71. The maximum absolute atomic E-state index is 6.12. The fraction of sp³-hybridized carbons (Fsp3) is 0.583. The van der Waals surface area contributed by atoms with E-state index in [-0.39, 0.29) is 51.0 Å². The molecule has 9 heteroatoms. The Morgan fingerprint density at radius 1 is 0.667 bits per heavy atom. The van der Waals surface area contributed by atoms with E-state index in [0.29, 0.717) is 0 Å². The van der Waals surface area contributed by atoms with Gasteiger partial charge in [0.05, 0.1) is 0 Å². The molecule has 2 nitrogen and oxygen atoms in total. The summed E-state index contributed by atoms with van der Waals surface area (Å²) in [5, 5.41) is 3.18. The van der Waals surface area contributed by atoms with Gasteiger partial charge in [0.25, 0.3) is 0 Å². The molecule has 0 aliphatic heterocycles. The van der Waals surface area contributed by atoms with Crippen LogP contribution in [0.15, 0.2) is 24.3 Å². The molecule has 2 aromatic rings. The van der Waals surface area contributed by atoms with Gasteiger partial charge in [-0.1, -0.05) is 64.4 Å². The molecular weight excluding hydrogens is 595 g/mol. The van der Waals surface area contributed by atoms with Crippen LogP contribution in [0.5, 0.6) is 11.5 Å². The average molecular weight is 641 g/mol. The first-order valence-electron chi connectivity index (χ1n) is 11.6. The van der Waals surface area contributed by atoms with E-state index < -0.39 is 34.2 Å². The van der Waals surface area contributed by atoms with Crippen LogP contribution in [0, 0.1) is 0 Å². The fourth-order valence-corrected chi connectivity index (χ4v) is 8.46. The van der Waals surface area contributed by atoms with Crippen LogP contribution in [0.4, 0.5) is 0 Å². The van der Waals surface area contributed by atoms with Crippen molar-refractivity contribution in [1.82, 2.24) is 0 Å². The van der Waals surface area contributed by atoms with Gasteiger partial charge < -0.3 is 33.7 Å². The van der Waals surface area contributed by atoms with Crippen molar-refractivity contribution in [3.8, 4) is 11.5 Å². The van der Waals surface area contributed by atoms with E-state index in [4.69, 9.17) is 8.85 Å². The van der Waals surface area contributed by atoms with Crippen molar-refractivity contribution in [3.05, 3.63) is 35.4 Å². The predicted molar refractivity (Wildman–Crippen MR) is 148 cm³/mol. The van der Waals surface area contributed by atoms with Crippen molar-refractivity contribution in [2.45, 2.75) is 92.2 Å². The Hall–Kier alpha value is 0.631. The second kappa shape index (κ2) is 16.4. The van der Waals surface area contributed by atoms with E-state index in [0.717, 1.165) is 24.3 Å². The van der Waals surface area contributed by atoms with Crippen LogP contribution in [0.3, 0.4) is 0 Å². The monoisotopic (exact) mass is 638 g/mol. The van der Waals surface area contributed by atoms with Gasteiger partial charge in [-0.25, -0.2) is 0 Å². The van der Waals surface area contributed by atoms with E-state index >= 15 is 0 Å². The zero-order valence-electron chi connectivity index (χ0n) is 23.0. The molecule has 0 amide bonds. The van der Waals surface area contributed by atoms with Gasteiger partial charge in [0.15, 0.2) is 0 Å². The summed E-state index contributed by atoms with van der Waals surface area (Å²) in [6.45, 7) is 27.4. The molecule has 0 aliphatic carbocycles. The van der Waals surface area contributed by atoms with E-state index in [2.05, 4.69) is 104 Å². The third kappa shape index (κ3) is 12.9. The van der Waals surface area contributed by atoms with Gasteiger partial charge >= 0.3 is 26.2 Å². The maximum Gasteiger partial charge on any atom is 4.00 e. The van der Waals surface area contributed by atoms with Gasteiger partial charge in [-0.3, -0.25) is 0 Å². The van der Waals surface area contributed by atoms with Crippen molar-refractivity contribution in [1.29, 1.82) is 0 Å². The van der Waals surface area contributed by atoms with Crippen LogP contribution in [0.2, 0.25) is 65.5 Å². The van der Waals surface area contributed by atoms with Gasteiger partial charge in [-0.2, -0.15) is 34.6 Å². The Bertz CT molecular complexity index is 725.